The molecule has 0 saturated heterocycles. The Kier molecular flexibility index (Phi) is 5.26. The lowest BCUT2D eigenvalue weighted by Gasteiger charge is -2.26. The van der Waals surface area contributed by atoms with Crippen LogP contribution in [-0.2, 0) is 19.1 Å². The molecule has 2 aliphatic rings. The molecule has 0 aliphatic carbocycles. The van der Waals surface area contributed by atoms with Crippen molar-refractivity contribution in [3.05, 3.63) is 35.5 Å². The molecule has 26 heavy (non-hydrogen) atoms. The van der Waals surface area contributed by atoms with E-state index in [1.165, 1.54) is 0 Å². The molecule has 1 unspecified atom stereocenters. The molecular weight excluding hydrogens is 344 g/mol. The molecule has 3 rings (SSSR count). The average Bonchev–Trinajstić information content (AvgIpc) is 2.66. The van der Waals surface area contributed by atoms with Gasteiger partial charge in [-0.2, -0.15) is 0 Å². The zero-order chi connectivity index (χ0) is 18.5. The molecule has 2 aliphatic heterocycles. The van der Waals surface area contributed by atoms with E-state index in [0.29, 0.717) is 11.5 Å². The minimum absolute atomic E-state index is 0.00599. The van der Waals surface area contributed by atoms with Crippen molar-refractivity contribution in [1.82, 2.24) is 10.6 Å². The number of para-hydroxylation sites is 2. The van der Waals surface area contributed by atoms with E-state index in [0.717, 1.165) is 0 Å². The third-order valence-electron chi connectivity index (χ3n) is 3.71. The van der Waals surface area contributed by atoms with Gasteiger partial charge in [-0.25, -0.2) is 14.4 Å². The third-order valence-corrected chi connectivity index (χ3v) is 3.71. The Morgan fingerprint density at radius 2 is 2.00 bits per heavy atom. The zero-order valence-electron chi connectivity index (χ0n) is 14.1. The van der Waals surface area contributed by atoms with Gasteiger partial charge in [-0.1, -0.05) is 12.1 Å². The van der Waals surface area contributed by atoms with Gasteiger partial charge in [0.2, 0.25) is 6.10 Å². The Bertz CT molecular complexity index is 759. The van der Waals surface area contributed by atoms with Crippen LogP contribution in [-0.4, -0.2) is 50.4 Å². The highest BCUT2D eigenvalue weighted by Gasteiger charge is 2.30. The van der Waals surface area contributed by atoms with E-state index in [2.05, 4.69) is 10.6 Å². The van der Waals surface area contributed by atoms with E-state index in [1.54, 1.807) is 31.2 Å². The van der Waals surface area contributed by atoms with Crippen molar-refractivity contribution in [2.75, 3.05) is 26.4 Å². The van der Waals surface area contributed by atoms with Crippen LogP contribution in [0.25, 0.3) is 0 Å². The summed E-state index contributed by atoms with van der Waals surface area (Å²) in [5.41, 5.74) is 0.378. The summed E-state index contributed by atoms with van der Waals surface area (Å²) in [4.78, 5) is 35.7. The molecular formula is C17H18N2O7. The highest BCUT2D eigenvalue weighted by atomic mass is 16.6. The fourth-order valence-corrected chi connectivity index (χ4v) is 2.44. The molecule has 1 atom stereocenters. The zero-order valence-corrected chi connectivity index (χ0v) is 14.1. The van der Waals surface area contributed by atoms with Gasteiger partial charge in [0.15, 0.2) is 11.5 Å². The van der Waals surface area contributed by atoms with Crippen molar-refractivity contribution in [3.8, 4) is 11.5 Å². The molecule has 138 valence electrons. The quantitative estimate of drug-likeness (QED) is 0.734. The molecule has 1 aromatic rings. The number of esters is 2. The molecule has 9 heteroatoms. The van der Waals surface area contributed by atoms with E-state index < -0.39 is 24.1 Å². The maximum Gasteiger partial charge on any atom is 0.351 e. The van der Waals surface area contributed by atoms with Gasteiger partial charge in [0.05, 0.1) is 24.4 Å². The van der Waals surface area contributed by atoms with Crippen LogP contribution in [0.4, 0.5) is 4.79 Å². The first-order valence-electron chi connectivity index (χ1n) is 8.07. The number of hydrogen-bond acceptors (Lipinski definition) is 7. The van der Waals surface area contributed by atoms with Gasteiger partial charge in [0.1, 0.15) is 13.2 Å². The lowest BCUT2D eigenvalue weighted by Crippen LogP contribution is -2.46. The van der Waals surface area contributed by atoms with Crippen LogP contribution in [0.1, 0.15) is 6.92 Å². The molecule has 0 radical (unpaired) electrons. The number of nitrogens with one attached hydrogen (secondary N) is 2. The highest BCUT2D eigenvalue weighted by Crippen LogP contribution is 2.31. The molecule has 0 spiro atoms. The van der Waals surface area contributed by atoms with Crippen molar-refractivity contribution >= 4 is 18.0 Å². The molecule has 0 fully saturated rings. The van der Waals surface area contributed by atoms with Gasteiger partial charge in [-0.3, -0.25) is 0 Å². The predicted molar refractivity (Wildman–Crippen MR) is 87.5 cm³/mol. The summed E-state index contributed by atoms with van der Waals surface area (Å²) in [5.74, 6) is -0.253. The Labute approximate surface area is 149 Å². The number of amides is 2. The Hall–Kier alpha value is -3.23. The van der Waals surface area contributed by atoms with Crippen molar-refractivity contribution < 1.29 is 33.3 Å². The normalized spacial score (nSPS) is 18.5. The largest absolute Gasteiger partial charge is 0.485 e. The number of fused-ring (bicyclic) bond motifs is 1. The molecule has 0 saturated carbocycles. The van der Waals surface area contributed by atoms with Crippen LogP contribution in [0.15, 0.2) is 35.5 Å². The maximum atomic E-state index is 12.2. The van der Waals surface area contributed by atoms with E-state index in [4.69, 9.17) is 18.9 Å². The van der Waals surface area contributed by atoms with Gasteiger partial charge >= 0.3 is 18.0 Å². The standard InChI is InChI=1S/C17H18N2O7/c1-2-23-15(20)10-7-18-17(22)19-11(10)8-25-16(21)14-9-24-12-5-3-4-6-13(12)26-14/h3-6,14H,2,7-9H2,1H3,(H2,18,19,22). The van der Waals surface area contributed by atoms with Crippen molar-refractivity contribution in [2.24, 2.45) is 0 Å². The second kappa shape index (κ2) is 7.77. The number of rotatable bonds is 5. The number of hydrogen-bond donors (Lipinski definition) is 2. The van der Waals surface area contributed by atoms with E-state index in [1.807, 2.05) is 0 Å². The maximum absolute atomic E-state index is 12.2. The summed E-state index contributed by atoms with van der Waals surface area (Å²) in [6.07, 6.45) is -0.936. The van der Waals surface area contributed by atoms with Gasteiger partial charge in [-0.15, -0.1) is 0 Å². The number of carbonyl (C=O) groups excluding carboxylic acids is 3. The van der Waals surface area contributed by atoms with Gasteiger partial charge in [-0.05, 0) is 19.1 Å². The summed E-state index contributed by atoms with van der Waals surface area (Å²) in [6.45, 7) is 1.57. The number of carbonyl (C=O) groups is 3. The van der Waals surface area contributed by atoms with Crippen molar-refractivity contribution in [2.45, 2.75) is 13.0 Å². The number of ether oxygens (including phenoxy) is 4. The summed E-state index contributed by atoms with van der Waals surface area (Å²) >= 11 is 0. The Balaban J connectivity index is 1.64. The fraction of sp³-hybridized carbons (Fsp3) is 0.353. The van der Waals surface area contributed by atoms with Crippen molar-refractivity contribution in [1.29, 1.82) is 0 Å². The SMILES string of the molecule is CCOC(=O)C1=C(COC(=O)C2COc3ccccc3O2)NC(=O)NC1. The van der Waals surface area contributed by atoms with Crippen molar-refractivity contribution in [3.63, 3.8) is 0 Å². The van der Waals surface area contributed by atoms with Gasteiger partial charge in [0, 0.05) is 0 Å². The Morgan fingerprint density at radius 3 is 2.77 bits per heavy atom. The third kappa shape index (κ3) is 3.88. The van der Waals surface area contributed by atoms with Gasteiger partial charge in [0.25, 0.3) is 0 Å². The fourth-order valence-electron chi connectivity index (χ4n) is 2.44. The Morgan fingerprint density at radius 1 is 1.23 bits per heavy atom. The average molecular weight is 362 g/mol. The molecule has 0 aromatic heterocycles. The van der Waals surface area contributed by atoms with E-state index in [9.17, 15) is 14.4 Å². The van der Waals surface area contributed by atoms with Crippen LogP contribution >= 0.6 is 0 Å². The highest BCUT2D eigenvalue weighted by molar-refractivity contribution is 5.93. The molecule has 0 bridgehead atoms. The van der Waals surface area contributed by atoms with Crippen LogP contribution < -0.4 is 20.1 Å². The van der Waals surface area contributed by atoms with Crippen LogP contribution in [0, 0.1) is 0 Å². The lowest BCUT2D eigenvalue weighted by molar-refractivity contribution is -0.153. The molecule has 2 N–H and O–H groups in total. The minimum Gasteiger partial charge on any atom is -0.485 e. The summed E-state index contributed by atoms with van der Waals surface area (Å²) < 4.78 is 21.2. The minimum atomic E-state index is -0.936. The van der Waals surface area contributed by atoms with Crippen LogP contribution in [0.2, 0.25) is 0 Å². The smallest absolute Gasteiger partial charge is 0.351 e. The number of urea groups is 1. The van der Waals surface area contributed by atoms with E-state index in [-0.39, 0.29) is 37.6 Å². The molecule has 9 nitrogen and oxygen atoms in total. The summed E-state index contributed by atoms with van der Waals surface area (Å²) in [5, 5.41) is 4.93. The summed E-state index contributed by atoms with van der Waals surface area (Å²) in [6, 6.07) is 6.48. The number of benzene rings is 1. The summed E-state index contributed by atoms with van der Waals surface area (Å²) in [7, 11) is 0. The van der Waals surface area contributed by atoms with Gasteiger partial charge < -0.3 is 29.6 Å². The predicted octanol–water partition coefficient (Wildman–Crippen LogP) is 0.500. The first kappa shape index (κ1) is 17.6. The first-order valence-corrected chi connectivity index (χ1v) is 8.07. The van der Waals surface area contributed by atoms with Crippen LogP contribution in [0.5, 0.6) is 11.5 Å². The van der Waals surface area contributed by atoms with Crippen LogP contribution in [0.3, 0.4) is 0 Å². The second-order valence-corrected chi connectivity index (χ2v) is 5.46. The van der Waals surface area contributed by atoms with E-state index >= 15 is 0 Å². The first-order chi connectivity index (χ1) is 12.6. The topological polar surface area (TPSA) is 112 Å². The molecule has 2 amide bonds. The second-order valence-electron chi connectivity index (χ2n) is 5.46. The molecule has 2 heterocycles. The monoisotopic (exact) mass is 362 g/mol. The molecule has 1 aromatic carbocycles. The lowest BCUT2D eigenvalue weighted by atomic mass is 10.1.